The fraction of sp³-hybridized carbons (Fsp3) is 0.625. The minimum atomic E-state index is -0.106. The maximum absolute atomic E-state index is 12.3. The highest BCUT2D eigenvalue weighted by atomic mass is 32.1. The second kappa shape index (κ2) is 7.35. The van der Waals surface area contributed by atoms with Crippen LogP contribution in [0.25, 0.3) is 0 Å². The zero-order valence-corrected chi connectivity index (χ0v) is 14.3. The Morgan fingerprint density at radius 3 is 2.50 bits per heavy atom. The van der Waals surface area contributed by atoms with E-state index in [-0.39, 0.29) is 17.2 Å². The molecule has 0 bridgehead atoms. The molecule has 1 N–H and O–H groups in total. The molecular formula is C16H24N2O3S. The molecule has 0 saturated carbocycles. The highest BCUT2D eigenvalue weighted by Gasteiger charge is 2.31. The van der Waals surface area contributed by atoms with Crippen LogP contribution in [0.2, 0.25) is 0 Å². The van der Waals surface area contributed by atoms with Crippen LogP contribution < -0.4 is 5.32 Å². The highest BCUT2D eigenvalue weighted by Crippen LogP contribution is 2.21. The van der Waals surface area contributed by atoms with Crippen molar-refractivity contribution in [1.82, 2.24) is 10.2 Å². The van der Waals surface area contributed by atoms with Crippen LogP contribution in [0.15, 0.2) is 12.1 Å². The van der Waals surface area contributed by atoms with E-state index < -0.39 is 0 Å². The maximum atomic E-state index is 12.3. The van der Waals surface area contributed by atoms with Crippen molar-refractivity contribution in [2.75, 3.05) is 32.8 Å². The molecule has 1 amide bonds. The van der Waals surface area contributed by atoms with Crippen molar-refractivity contribution in [3.63, 3.8) is 0 Å². The van der Waals surface area contributed by atoms with Gasteiger partial charge in [0.15, 0.2) is 5.78 Å². The number of hydrogen-bond acceptors (Lipinski definition) is 5. The van der Waals surface area contributed by atoms with E-state index in [2.05, 4.69) is 24.1 Å². The lowest BCUT2D eigenvalue weighted by atomic mass is 9.95. The van der Waals surface area contributed by atoms with Crippen LogP contribution in [0.3, 0.4) is 0 Å². The van der Waals surface area contributed by atoms with Gasteiger partial charge in [-0.2, -0.15) is 0 Å². The Balaban J connectivity index is 1.96. The van der Waals surface area contributed by atoms with Crippen LogP contribution in [0.4, 0.5) is 0 Å². The Bertz CT molecular complexity index is 537. The first-order chi connectivity index (χ1) is 10.5. The van der Waals surface area contributed by atoms with Gasteiger partial charge in [-0.05, 0) is 32.4 Å². The SMILES string of the molecule is CC[C@@](C)(CNC(=O)c1ccc(C(C)=O)s1)N1CCOCC1. The molecule has 1 aromatic rings. The summed E-state index contributed by atoms with van der Waals surface area (Å²) in [4.78, 5) is 27.2. The van der Waals surface area contributed by atoms with Gasteiger partial charge < -0.3 is 10.1 Å². The van der Waals surface area contributed by atoms with Gasteiger partial charge in [0, 0.05) is 25.2 Å². The third-order valence-electron chi connectivity index (χ3n) is 4.34. The van der Waals surface area contributed by atoms with Crippen molar-refractivity contribution in [3.8, 4) is 0 Å². The second-order valence-corrected chi connectivity index (χ2v) is 6.94. The summed E-state index contributed by atoms with van der Waals surface area (Å²) in [5.41, 5.74) is -0.0693. The van der Waals surface area contributed by atoms with Gasteiger partial charge in [-0.15, -0.1) is 11.3 Å². The fourth-order valence-corrected chi connectivity index (χ4v) is 3.39. The smallest absolute Gasteiger partial charge is 0.261 e. The molecule has 0 spiro atoms. The normalized spacial score (nSPS) is 18.7. The molecule has 1 aromatic heterocycles. The molecule has 22 heavy (non-hydrogen) atoms. The average molecular weight is 324 g/mol. The lowest BCUT2D eigenvalue weighted by Crippen LogP contribution is -2.56. The third kappa shape index (κ3) is 3.94. The lowest BCUT2D eigenvalue weighted by Gasteiger charge is -2.43. The van der Waals surface area contributed by atoms with Gasteiger partial charge >= 0.3 is 0 Å². The van der Waals surface area contributed by atoms with Gasteiger partial charge in [0.2, 0.25) is 0 Å². The number of Topliss-reactive ketones (excluding diaryl/α,β-unsaturated/α-hetero) is 1. The summed E-state index contributed by atoms with van der Waals surface area (Å²) in [6.45, 7) is 9.71. The van der Waals surface area contributed by atoms with Crippen molar-refractivity contribution in [2.24, 2.45) is 0 Å². The molecule has 1 aliphatic rings. The van der Waals surface area contributed by atoms with Gasteiger partial charge in [0.05, 0.1) is 23.0 Å². The first kappa shape index (κ1) is 17.1. The van der Waals surface area contributed by atoms with E-state index in [1.165, 1.54) is 18.3 Å². The van der Waals surface area contributed by atoms with Crippen LogP contribution in [0.1, 0.15) is 46.5 Å². The standard InChI is InChI=1S/C16H24N2O3S/c1-4-16(3,18-7-9-21-10-8-18)11-17-15(20)14-6-5-13(22-14)12(2)19/h5-6H,4,7-11H2,1-3H3,(H,17,20)/t16-/m0/s1. The topological polar surface area (TPSA) is 58.6 Å². The number of nitrogens with zero attached hydrogens (tertiary/aromatic N) is 1. The molecule has 0 radical (unpaired) electrons. The summed E-state index contributed by atoms with van der Waals surface area (Å²) in [6, 6.07) is 3.43. The predicted octanol–water partition coefficient (Wildman–Crippen LogP) is 2.18. The monoisotopic (exact) mass is 324 g/mol. The van der Waals surface area contributed by atoms with Crippen molar-refractivity contribution in [2.45, 2.75) is 32.7 Å². The molecule has 122 valence electrons. The minimum absolute atomic E-state index is 0.00392. The molecule has 0 aromatic carbocycles. The number of thiophene rings is 1. The summed E-state index contributed by atoms with van der Waals surface area (Å²) in [6.07, 6.45) is 0.955. The van der Waals surface area contributed by atoms with Gasteiger partial charge in [0.1, 0.15) is 0 Å². The van der Waals surface area contributed by atoms with Gasteiger partial charge in [-0.25, -0.2) is 0 Å². The summed E-state index contributed by atoms with van der Waals surface area (Å²) < 4.78 is 5.40. The number of ether oxygens (including phenoxy) is 1. The second-order valence-electron chi connectivity index (χ2n) is 5.85. The van der Waals surface area contributed by atoms with Crippen LogP contribution in [0, 0.1) is 0 Å². The number of carbonyl (C=O) groups is 2. The molecule has 1 fully saturated rings. The van der Waals surface area contributed by atoms with E-state index in [0.29, 0.717) is 16.3 Å². The Kier molecular flexibility index (Phi) is 5.72. The number of nitrogens with one attached hydrogen (secondary N) is 1. The quantitative estimate of drug-likeness (QED) is 0.815. The molecule has 0 aliphatic carbocycles. The molecule has 1 aliphatic heterocycles. The van der Waals surface area contributed by atoms with E-state index >= 15 is 0 Å². The Morgan fingerprint density at radius 1 is 1.32 bits per heavy atom. The van der Waals surface area contributed by atoms with E-state index in [1.54, 1.807) is 12.1 Å². The van der Waals surface area contributed by atoms with E-state index in [0.717, 1.165) is 32.7 Å². The third-order valence-corrected chi connectivity index (χ3v) is 5.53. The molecule has 6 heteroatoms. The summed E-state index contributed by atoms with van der Waals surface area (Å²) in [5.74, 6) is -0.110. The molecule has 0 unspecified atom stereocenters. The number of rotatable bonds is 6. The first-order valence-electron chi connectivity index (χ1n) is 7.68. The number of hydrogen-bond donors (Lipinski definition) is 1. The van der Waals surface area contributed by atoms with E-state index in [9.17, 15) is 9.59 Å². The molecule has 2 heterocycles. The van der Waals surface area contributed by atoms with Crippen LogP contribution in [0.5, 0.6) is 0 Å². The predicted molar refractivity (Wildman–Crippen MR) is 87.7 cm³/mol. The lowest BCUT2D eigenvalue weighted by molar-refractivity contribution is -0.0169. The summed E-state index contributed by atoms with van der Waals surface area (Å²) >= 11 is 1.25. The number of carbonyl (C=O) groups excluding carboxylic acids is 2. The summed E-state index contributed by atoms with van der Waals surface area (Å²) in [5, 5.41) is 3.02. The zero-order chi connectivity index (χ0) is 16.2. The van der Waals surface area contributed by atoms with Crippen LogP contribution >= 0.6 is 11.3 Å². The van der Waals surface area contributed by atoms with Crippen LogP contribution in [-0.4, -0.2) is 55.0 Å². The zero-order valence-electron chi connectivity index (χ0n) is 13.5. The largest absolute Gasteiger partial charge is 0.379 e. The van der Waals surface area contributed by atoms with Gasteiger partial charge in [-0.3, -0.25) is 14.5 Å². The van der Waals surface area contributed by atoms with Crippen molar-refractivity contribution >= 4 is 23.0 Å². The molecule has 5 nitrogen and oxygen atoms in total. The Labute approximate surface area is 135 Å². The average Bonchev–Trinajstić information content (AvgIpc) is 3.03. The van der Waals surface area contributed by atoms with Crippen molar-refractivity contribution in [1.29, 1.82) is 0 Å². The minimum Gasteiger partial charge on any atom is -0.379 e. The maximum Gasteiger partial charge on any atom is 0.261 e. The molecule has 1 saturated heterocycles. The Hall–Kier alpha value is -1.24. The van der Waals surface area contributed by atoms with Crippen molar-refractivity contribution < 1.29 is 14.3 Å². The molecular weight excluding hydrogens is 300 g/mol. The fourth-order valence-electron chi connectivity index (χ4n) is 2.57. The number of ketones is 1. The van der Waals surface area contributed by atoms with Crippen LogP contribution in [-0.2, 0) is 4.74 Å². The summed E-state index contributed by atoms with van der Waals surface area (Å²) in [7, 11) is 0. The van der Waals surface area contributed by atoms with Gasteiger partial charge in [0.25, 0.3) is 5.91 Å². The highest BCUT2D eigenvalue weighted by molar-refractivity contribution is 7.15. The number of amides is 1. The van der Waals surface area contributed by atoms with Gasteiger partial charge in [-0.1, -0.05) is 6.92 Å². The van der Waals surface area contributed by atoms with E-state index in [4.69, 9.17) is 4.74 Å². The van der Waals surface area contributed by atoms with Crippen molar-refractivity contribution in [3.05, 3.63) is 21.9 Å². The van der Waals surface area contributed by atoms with E-state index in [1.807, 2.05) is 0 Å². The Morgan fingerprint density at radius 2 is 1.95 bits per heavy atom. The number of morpholine rings is 1. The molecule has 1 atom stereocenters. The molecule has 2 rings (SSSR count). The first-order valence-corrected chi connectivity index (χ1v) is 8.49.